The van der Waals surface area contributed by atoms with Crippen LogP contribution in [-0.2, 0) is 26.7 Å². The Labute approximate surface area is 159 Å². The monoisotopic (exact) mass is 426 g/mol. The molecule has 2 aliphatic rings. The summed E-state index contributed by atoms with van der Waals surface area (Å²) < 4.78 is 59.4. The number of halogens is 3. The zero-order valence-corrected chi connectivity index (χ0v) is 16.1. The number of aliphatic carboxylic acids is 1. The summed E-state index contributed by atoms with van der Waals surface area (Å²) in [6.07, 6.45) is 0.0599. The first-order valence-electron chi connectivity index (χ1n) is 8.48. The maximum atomic E-state index is 12.3. The highest BCUT2D eigenvalue weighted by atomic mass is 32.2. The van der Waals surface area contributed by atoms with Crippen LogP contribution >= 0.6 is 0 Å². The molecule has 158 valence electrons. The number of carboxylic acids is 1. The Morgan fingerprint density at radius 1 is 1.32 bits per heavy atom. The molecule has 2 aliphatic heterocycles. The van der Waals surface area contributed by atoms with Crippen LogP contribution in [0.25, 0.3) is 0 Å². The number of hydrogen-bond donors (Lipinski definition) is 1. The molecule has 0 unspecified atom stereocenters. The van der Waals surface area contributed by atoms with Crippen molar-refractivity contribution in [3.05, 3.63) is 12.4 Å². The summed E-state index contributed by atoms with van der Waals surface area (Å²) in [6, 6.07) is -0.176. The second-order valence-electron chi connectivity index (χ2n) is 6.41. The van der Waals surface area contributed by atoms with E-state index in [4.69, 9.17) is 9.90 Å². The van der Waals surface area contributed by atoms with Crippen LogP contribution in [0.15, 0.2) is 12.4 Å². The van der Waals surface area contributed by atoms with Crippen LogP contribution in [-0.4, -0.2) is 70.0 Å². The number of carbonyl (C=O) groups is 2. The molecular formula is C15H21F3N4O5S. The number of anilines is 1. The molecule has 13 heteroatoms. The number of amides is 1. The number of nitrogens with zero attached hydrogens (tertiary/aromatic N) is 4. The number of piperidine rings is 1. The second-order valence-corrected chi connectivity index (χ2v) is 8.62. The van der Waals surface area contributed by atoms with E-state index >= 15 is 0 Å². The molecule has 0 saturated carbocycles. The number of aromatic nitrogens is 2. The topological polar surface area (TPSA) is 113 Å². The Morgan fingerprint density at radius 3 is 2.39 bits per heavy atom. The minimum absolute atomic E-state index is 0.0556. The summed E-state index contributed by atoms with van der Waals surface area (Å²) in [6.45, 7) is 2.16. The van der Waals surface area contributed by atoms with Gasteiger partial charge in [-0.15, -0.1) is 0 Å². The Bertz CT molecular complexity index is 839. The number of rotatable bonds is 3. The molecule has 0 aliphatic carbocycles. The fourth-order valence-corrected chi connectivity index (χ4v) is 4.78. The Balaban J connectivity index is 0.000000345. The average Bonchev–Trinajstić information content (AvgIpc) is 3.21. The normalized spacial score (nSPS) is 23.2. The van der Waals surface area contributed by atoms with Gasteiger partial charge in [0.25, 0.3) is 0 Å². The van der Waals surface area contributed by atoms with Gasteiger partial charge in [-0.1, -0.05) is 0 Å². The van der Waals surface area contributed by atoms with Crippen LogP contribution < -0.4 is 4.90 Å². The van der Waals surface area contributed by atoms with E-state index in [0.29, 0.717) is 25.8 Å². The van der Waals surface area contributed by atoms with E-state index in [1.54, 1.807) is 40.3 Å². The lowest BCUT2D eigenvalue weighted by Crippen LogP contribution is -2.53. The van der Waals surface area contributed by atoms with Crippen molar-refractivity contribution in [3.63, 3.8) is 0 Å². The first kappa shape index (κ1) is 22.1. The average molecular weight is 426 g/mol. The smallest absolute Gasteiger partial charge is 0.475 e. The lowest BCUT2D eigenvalue weighted by Gasteiger charge is -2.38. The third kappa shape index (κ3) is 4.63. The van der Waals surface area contributed by atoms with Crippen molar-refractivity contribution in [2.45, 2.75) is 44.4 Å². The molecule has 1 amide bonds. The molecule has 2 atom stereocenters. The molecule has 0 bridgehead atoms. The minimum atomic E-state index is -5.08. The largest absolute Gasteiger partial charge is 0.490 e. The van der Waals surface area contributed by atoms with Crippen LogP contribution in [0.5, 0.6) is 0 Å². The standard InChI is InChI=1S/C13H20N4O3S.C2HF3O2/c1-3-21(19,20)16-7-6-12-11(16)4-5-13(18)17(12)10-8-14-15(2)9-10;3-2(4,5)1(6)7/h8-9,11-12H,3-7H2,1-2H3;(H,6,7)/t11-,12-;/m0./s1. The molecule has 1 aromatic rings. The number of aryl methyl sites for hydroxylation is 1. The highest BCUT2D eigenvalue weighted by molar-refractivity contribution is 7.89. The highest BCUT2D eigenvalue weighted by Gasteiger charge is 2.47. The second kappa shape index (κ2) is 8.07. The van der Waals surface area contributed by atoms with E-state index < -0.39 is 22.2 Å². The number of sulfonamides is 1. The van der Waals surface area contributed by atoms with E-state index in [-0.39, 0.29) is 23.7 Å². The van der Waals surface area contributed by atoms with Gasteiger partial charge in [-0.2, -0.15) is 22.6 Å². The minimum Gasteiger partial charge on any atom is -0.475 e. The number of fused-ring (bicyclic) bond motifs is 1. The molecule has 2 fully saturated rings. The summed E-state index contributed by atoms with van der Waals surface area (Å²) >= 11 is 0. The van der Waals surface area contributed by atoms with Gasteiger partial charge in [-0.3, -0.25) is 9.48 Å². The first-order chi connectivity index (χ1) is 12.9. The van der Waals surface area contributed by atoms with Crippen LogP contribution in [0.2, 0.25) is 0 Å². The predicted octanol–water partition coefficient (Wildman–Crippen LogP) is 0.973. The zero-order chi connectivity index (χ0) is 21.3. The molecule has 2 saturated heterocycles. The van der Waals surface area contributed by atoms with Crippen molar-refractivity contribution in [3.8, 4) is 0 Å². The summed E-state index contributed by atoms with van der Waals surface area (Å²) in [5, 5.41) is 11.2. The molecule has 0 radical (unpaired) electrons. The molecular weight excluding hydrogens is 405 g/mol. The van der Waals surface area contributed by atoms with Crippen LogP contribution in [0.1, 0.15) is 26.2 Å². The number of carbonyl (C=O) groups excluding carboxylic acids is 1. The molecule has 1 N–H and O–H groups in total. The first-order valence-corrected chi connectivity index (χ1v) is 10.1. The highest BCUT2D eigenvalue weighted by Crippen LogP contribution is 2.36. The Hall–Kier alpha value is -2.15. The van der Waals surface area contributed by atoms with E-state index in [1.165, 1.54) is 0 Å². The molecule has 3 rings (SSSR count). The van der Waals surface area contributed by atoms with Gasteiger partial charge in [0.05, 0.1) is 23.7 Å². The molecule has 28 heavy (non-hydrogen) atoms. The van der Waals surface area contributed by atoms with Crippen molar-refractivity contribution >= 4 is 27.6 Å². The third-order valence-corrected chi connectivity index (χ3v) is 6.55. The van der Waals surface area contributed by atoms with Gasteiger partial charge >= 0.3 is 12.1 Å². The van der Waals surface area contributed by atoms with Gasteiger partial charge in [-0.05, 0) is 19.8 Å². The number of hydrogen-bond acceptors (Lipinski definition) is 5. The molecule has 0 spiro atoms. The van der Waals surface area contributed by atoms with Gasteiger partial charge in [0.15, 0.2) is 0 Å². The maximum Gasteiger partial charge on any atom is 0.490 e. The number of alkyl halides is 3. The van der Waals surface area contributed by atoms with Crippen molar-refractivity contribution < 1.29 is 36.3 Å². The fourth-order valence-electron chi connectivity index (χ4n) is 3.40. The fraction of sp³-hybridized carbons (Fsp3) is 0.667. The van der Waals surface area contributed by atoms with Gasteiger partial charge in [0, 0.05) is 32.3 Å². The van der Waals surface area contributed by atoms with Crippen LogP contribution in [0, 0.1) is 0 Å². The van der Waals surface area contributed by atoms with Crippen molar-refractivity contribution in [1.82, 2.24) is 14.1 Å². The SMILES string of the molecule is CCS(=O)(=O)N1CC[C@H]2[C@@H]1CCC(=O)N2c1cnn(C)c1.O=C(O)C(F)(F)F. The van der Waals surface area contributed by atoms with E-state index in [2.05, 4.69) is 5.10 Å². The van der Waals surface area contributed by atoms with E-state index in [9.17, 15) is 26.4 Å². The molecule has 3 heterocycles. The van der Waals surface area contributed by atoms with Gasteiger partial charge < -0.3 is 10.0 Å². The lowest BCUT2D eigenvalue weighted by atomic mass is 9.96. The van der Waals surface area contributed by atoms with Crippen LogP contribution in [0.4, 0.5) is 18.9 Å². The molecule has 0 aromatic carbocycles. The third-order valence-electron chi connectivity index (χ3n) is 4.65. The van der Waals surface area contributed by atoms with E-state index in [1.807, 2.05) is 0 Å². The molecule has 1 aromatic heterocycles. The van der Waals surface area contributed by atoms with Crippen molar-refractivity contribution in [2.24, 2.45) is 7.05 Å². The predicted molar refractivity (Wildman–Crippen MR) is 92.0 cm³/mol. The quantitative estimate of drug-likeness (QED) is 0.771. The lowest BCUT2D eigenvalue weighted by molar-refractivity contribution is -0.192. The Kier molecular flexibility index (Phi) is 6.38. The van der Waals surface area contributed by atoms with E-state index in [0.717, 1.165) is 5.69 Å². The van der Waals surface area contributed by atoms with Gasteiger partial charge in [-0.25, -0.2) is 13.2 Å². The van der Waals surface area contributed by atoms with Crippen LogP contribution in [0.3, 0.4) is 0 Å². The zero-order valence-electron chi connectivity index (χ0n) is 15.3. The summed E-state index contributed by atoms with van der Waals surface area (Å²) in [4.78, 5) is 22.9. The maximum absolute atomic E-state index is 12.3. The summed E-state index contributed by atoms with van der Waals surface area (Å²) in [7, 11) is -1.41. The summed E-state index contributed by atoms with van der Waals surface area (Å²) in [5.41, 5.74) is 0.757. The van der Waals surface area contributed by atoms with Crippen molar-refractivity contribution in [1.29, 1.82) is 0 Å². The van der Waals surface area contributed by atoms with Gasteiger partial charge in [0.1, 0.15) is 0 Å². The Morgan fingerprint density at radius 2 is 1.93 bits per heavy atom. The van der Waals surface area contributed by atoms with Gasteiger partial charge in [0.2, 0.25) is 15.9 Å². The van der Waals surface area contributed by atoms with Crippen molar-refractivity contribution in [2.75, 3.05) is 17.2 Å². The molecule has 9 nitrogen and oxygen atoms in total. The summed E-state index contributed by atoms with van der Waals surface area (Å²) in [5.74, 6) is -2.59. The number of carboxylic acid groups (broad SMARTS) is 1.